The summed E-state index contributed by atoms with van der Waals surface area (Å²) in [7, 11) is 0. The van der Waals surface area contributed by atoms with E-state index in [0.29, 0.717) is 21.7 Å². The third-order valence-corrected chi connectivity index (χ3v) is 3.89. The van der Waals surface area contributed by atoms with Gasteiger partial charge in [0.15, 0.2) is 6.40 Å². The fourth-order valence-electron chi connectivity index (χ4n) is 1.33. The maximum Gasteiger partial charge on any atom is 0.175 e. The van der Waals surface area contributed by atoms with Crippen LogP contribution < -0.4 is 0 Å². The molecular formula is C14H10Cl2FNOS. The molecule has 0 N–H and O–H groups in total. The summed E-state index contributed by atoms with van der Waals surface area (Å²) >= 11 is 13.1. The van der Waals surface area contributed by atoms with Crippen molar-refractivity contribution in [3.8, 4) is 0 Å². The van der Waals surface area contributed by atoms with Gasteiger partial charge < -0.3 is 4.74 Å². The van der Waals surface area contributed by atoms with Crippen molar-refractivity contribution >= 4 is 47.1 Å². The van der Waals surface area contributed by atoms with Crippen LogP contribution in [0.5, 0.6) is 0 Å². The molecule has 0 radical (unpaired) electrons. The lowest BCUT2D eigenvalue weighted by Crippen LogP contribution is -1.86. The first kappa shape index (κ1) is 15.2. The first-order valence-corrected chi connectivity index (χ1v) is 7.37. The quantitative estimate of drug-likeness (QED) is 0.235. The molecule has 0 aliphatic carbocycles. The number of hydrogen-bond acceptors (Lipinski definition) is 3. The monoisotopic (exact) mass is 329 g/mol. The van der Waals surface area contributed by atoms with Gasteiger partial charge in [-0.2, -0.15) is 0 Å². The van der Waals surface area contributed by atoms with Gasteiger partial charge in [-0.3, -0.25) is 0 Å². The predicted molar refractivity (Wildman–Crippen MR) is 82.8 cm³/mol. The molecule has 2 aromatic rings. The average Bonchev–Trinajstić information content (AvgIpc) is 2.44. The molecule has 0 saturated heterocycles. The molecule has 104 valence electrons. The summed E-state index contributed by atoms with van der Waals surface area (Å²) in [5, 5.41) is 0.931. The van der Waals surface area contributed by atoms with Gasteiger partial charge in [-0.05, 0) is 42.5 Å². The molecule has 2 rings (SSSR count). The second kappa shape index (κ2) is 7.53. The number of hydrogen-bond donors (Lipinski definition) is 0. The Morgan fingerprint density at radius 1 is 1.10 bits per heavy atom. The number of rotatable bonds is 5. The van der Waals surface area contributed by atoms with Crippen molar-refractivity contribution in [2.75, 3.05) is 5.94 Å². The van der Waals surface area contributed by atoms with Crippen LogP contribution >= 0.6 is 35.0 Å². The maximum atomic E-state index is 12.7. The van der Waals surface area contributed by atoms with Crippen LogP contribution in [-0.2, 0) is 4.74 Å². The van der Waals surface area contributed by atoms with E-state index >= 15 is 0 Å². The molecular weight excluding hydrogens is 320 g/mol. The lowest BCUT2D eigenvalue weighted by atomic mass is 10.3. The van der Waals surface area contributed by atoms with Crippen LogP contribution in [0.1, 0.15) is 0 Å². The van der Waals surface area contributed by atoms with Crippen LogP contribution in [0.2, 0.25) is 10.0 Å². The molecule has 0 aliphatic rings. The minimum Gasteiger partial charge on any atom is -0.472 e. The molecule has 0 unspecified atom stereocenters. The van der Waals surface area contributed by atoms with Crippen molar-refractivity contribution in [2.24, 2.45) is 4.99 Å². The van der Waals surface area contributed by atoms with Gasteiger partial charge >= 0.3 is 0 Å². The van der Waals surface area contributed by atoms with Crippen LogP contribution in [0.25, 0.3) is 0 Å². The molecule has 0 aliphatic heterocycles. The summed E-state index contributed by atoms with van der Waals surface area (Å²) in [6, 6.07) is 11.3. The number of halogens is 3. The van der Waals surface area contributed by atoms with Crippen molar-refractivity contribution in [3.63, 3.8) is 0 Å². The molecule has 0 atom stereocenters. The zero-order valence-electron chi connectivity index (χ0n) is 10.2. The number of nitrogens with zero attached hydrogens (tertiary/aromatic N) is 1. The smallest absolute Gasteiger partial charge is 0.175 e. The Bertz CT molecular complexity index is 605. The topological polar surface area (TPSA) is 21.6 Å². The third kappa shape index (κ3) is 4.71. The van der Waals surface area contributed by atoms with Gasteiger partial charge in [0.2, 0.25) is 0 Å². The minimum absolute atomic E-state index is 0.253. The summed E-state index contributed by atoms with van der Waals surface area (Å²) in [6.45, 7) is 0. The average molecular weight is 330 g/mol. The van der Waals surface area contributed by atoms with Crippen molar-refractivity contribution in [2.45, 2.75) is 4.90 Å². The molecule has 0 amide bonds. The normalized spacial score (nSPS) is 10.9. The van der Waals surface area contributed by atoms with E-state index in [9.17, 15) is 4.39 Å². The second-order valence-electron chi connectivity index (χ2n) is 3.72. The highest BCUT2D eigenvalue weighted by Crippen LogP contribution is 2.26. The fourth-order valence-corrected chi connectivity index (χ4v) is 2.21. The molecule has 0 saturated carbocycles. The van der Waals surface area contributed by atoms with Crippen LogP contribution in [-0.4, -0.2) is 12.3 Å². The standard InChI is InChI=1S/C14H10Cl2FNOS/c15-13-6-3-11(7-14(13)16)18-8-19-9-20-12-4-1-10(17)2-5-12/h1-8H,9H2. The zero-order valence-corrected chi connectivity index (χ0v) is 12.6. The number of aliphatic imine (C=N–C) groups is 1. The highest BCUT2D eigenvalue weighted by Gasteiger charge is 1.97. The fraction of sp³-hybridized carbons (Fsp3) is 0.0714. The molecule has 2 nitrogen and oxygen atoms in total. The summed E-state index contributed by atoms with van der Waals surface area (Å²) < 4.78 is 17.9. The molecule has 20 heavy (non-hydrogen) atoms. The molecule has 0 aromatic heterocycles. The van der Waals surface area contributed by atoms with Gasteiger partial charge in [0.05, 0.1) is 15.7 Å². The van der Waals surface area contributed by atoms with Crippen molar-refractivity contribution in [1.82, 2.24) is 0 Å². The van der Waals surface area contributed by atoms with Gasteiger partial charge in [0.25, 0.3) is 0 Å². The first-order chi connectivity index (χ1) is 9.65. The summed E-state index contributed by atoms with van der Waals surface area (Å²) in [6.07, 6.45) is 1.34. The van der Waals surface area contributed by atoms with Gasteiger partial charge in [-0.25, -0.2) is 9.38 Å². The van der Waals surface area contributed by atoms with E-state index in [1.54, 1.807) is 30.3 Å². The highest BCUT2D eigenvalue weighted by atomic mass is 35.5. The van der Waals surface area contributed by atoms with Gasteiger partial charge in [0.1, 0.15) is 11.8 Å². The molecule has 0 bridgehead atoms. The summed E-state index contributed by atoms with van der Waals surface area (Å²) in [5.41, 5.74) is 0.659. The highest BCUT2D eigenvalue weighted by molar-refractivity contribution is 7.99. The predicted octanol–water partition coefficient (Wildman–Crippen LogP) is 5.56. The van der Waals surface area contributed by atoms with Crippen LogP contribution in [0.4, 0.5) is 10.1 Å². The van der Waals surface area contributed by atoms with Crippen LogP contribution in [0, 0.1) is 5.82 Å². The SMILES string of the molecule is Fc1ccc(SCOC=Nc2ccc(Cl)c(Cl)c2)cc1. The molecule has 0 spiro atoms. The summed E-state index contributed by atoms with van der Waals surface area (Å²) in [4.78, 5) is 5.02. The lowest BCUT2D eigenvalue weighted by Gasteiger charge is -2.01. The van der Waals surface area contributed by atoms with Crippen molar-refractivity contribution in [1.29, 1.82) is 0 Å². The number of ether oxygens (including phenoxy) is 1. The Labute approximate surface area is 130 Å². The molecule has 6 heteroatoms. The summed E-state index contributed by atoms with van der Waals surface area (Å²) in [5.74, 6) is 0.132. The van der Waals surface area contributed by atoms with Crippen LogP contribution in [0.15, 0.2) is 52.4 Å². The van der Waals surface area contributed by atoms with Gasteiger partial charge in [-0.1, -0.05) is 35.0 Å². The lowest BCUT2D eigenvalue weighted by molar-refractivity contribution is 0.400. The molecule has 2 aromatic carbocycles. The Morgan fingerprint density at radius 3 is 2.55 bits per heavy atom. The number of benzene rings is 2. The third-order valence-electron chi connectivity index (χ3n) is 2.29. The van der Waals surface area contributed by atoms with Gasteiger partial charge in [0, 0.05) is 4.90 Å². The maximum absolute atomic E-state index is 12.7. The van der Waals surface area contributed by atoms with Gasteiger partial charge in [-0.15, -0.1) is 0 Å². The van der Waals surface area contributed by atoms with E-state index in [-0.39, 0.29) is 5.82 Å². The van der Waals surface area contributed by atoms with E-state index in [4.69, 9.17) is 27.9 Å². The second-order valence-corrected chi connectivity index (χ2v) is 5.53. The zero-order chi connectivity index (χ0) is 14.4. The number of thioether (sulfide) groups is 1. The van der Waals surface area contributed by atoms with Crippen molar-refractivity contribution < 1.29 is 9.13 Å². The Morgan fingerprint density at radius 2 is 1.85 bits per heavy atom. The molecule has 0 heterocycles. The Hall–Kier alpha value is -1.23. The van der Waals surface area contributed by atoms with E-state index in [1.807, 2.05) is 0 Å². The Balaban J connectivity index is 1.79. The van der Waals surface area contributed by atoms with Crippen LogP contribution in [0.3, 0.4) is 0 Å². The van der Waals surface area contributed by atoms with E-state index in [2.05, 4.69) is 4.99 Å². The largest absolute Gasteiger partial charge is 0.472 e. The minimum atomic E-state index is -0.253. The molecule has 0 fully saturated rings. The van der Waals surface area contributed by atoms with E-state index in [0.717, 1.165) is 4.90 Å². The first-order valence-electron chi connectivity index (χ1n) is 5.63. The van der Waals surface area contributed by atoms with Crippen molar-refractivity contribution in [3.05, 3.63) is 58.3 Å². The van der Waals surface area contributed by atoms with E-state index < -0.39 is 0 Å². The Kier molecular flexibility index (Phi) is 5.71. The van der Waals surface area contributed by atoms with E-state index in [1.165, 1.54) is 30.3 Å².